The molecule has 0 fully saturated rings. The molecular formula is C12H22N2O2S2. The van der Waals surface area contributed by atoms with E-state index in [9.17, 15) is 8.42 Å². The second-order valence-corrected chi connectivity index (χ2v) is 7.08. The van der Waals surface area contributed by atoms with Gasteiger partial charge in [0.2, 0.25) is 10.0 Å². The lowest BCUT2D eigenvalue weighted by Crippen LogP contribution is -2.30. The molecule has 1 aromatic rings. The van der Waals surface area contributed by atoms with E-state index >= 15 is 0 Å². The average Bonchev–Trinajstić information content (AvgIpc) is 2.85. The molecule has 1 aromatic heterocycles. The molecule has 2 N–H and O–H groups in total. The van der Waals surface area contributed by atoms with Crippen LogP contribution in [0.25, 0.3) is 0 Å². The topological polar surface area (TPSA) is 58.2 Å². The van der Waals surface area contributed by atoms with Crippen LogP contribution in [0.15, 0.2) is 17.5 Å². The van der Waals surface area contributed by atoms with Gasteiger partial charge in [-0.3, -0.25) is 0 Å². The fourth-order valence-corrected chi connectivity index (χ4v) is 4.07. The highest BCUT2D eigenvalue weighted by atomic mass is 32.2. The van der Waals surface area contributed by atoms with E-state index in [0.717, 1.165) is 24.3 Å². The summed E-state index contributed by atoms with van der Waals surface area (Å²) in [5.74, 6) is 0.205. The molecule has 0 aliphatic rings. The summed E-state index contributed by atoms with van der Waals surface area (Å²) in [7, 11) is -1.30. The number of hydrogen-bond acceptors (Lipinski definition) is 4. The van der Waals surface area contributed by atoms with E-state index in [1.54, 1.807) is 11.3 Å². The van der Waals surface area contributed by atoms with Gasteiger partial charge >= 0.3 is 0 Å². The van der Waals surface area contributed by atoms with Crippen LogP contribution in [0.1, 0.15) is 37.1 Å². The molecule has 6 heteroatoms. The summed E-state index contributed by atoms with van der Waals surface area (Å²) in [6.45, 7) is 2.85. The Morgan fingerprint density at radius 1 is 1.39 bits per heavy atom. The van der Waals surface area contributed by atoms with E-state index in [-0.39, 0.29) is 11.8 Å². The highest BCUT2D eigenvalue weighted by Gasteiger charge is 2.18. The van der Waals surface area contributed by atoms with E-state index in [1.807, 2.05) is 31.5 Å². The first-order valence-electron chi connectivity index (χ1n) is 6.27. The monoisotopic (exact) mass is 290 g/mol. The molecule has 0 radical (unpaired) electrons. The molecule has 0 aliphatic heterocycles. The van der Waals surface area contributed by atoms with Crippen LogP contribution in [-0.2, 0) is 10.0 Å². The van der Waals surface area contributed by atoms with Gasteiger partial charge in [0, 0.05) is 4.88 Å². The van der Waals surface area contributed by atoms with Crippen LogP contribution >= 0.6 is 11.3 Å². The number of unbranched alkanes of at least 4 members (excludes halogenated alkanes) is 1. The molecule has 0 saturated heterocycles. The third-order valence-corrected chi connectivity index (χ3v) is 5.16. The first-order valence-corrected chi connectivity index (χ1v) is 8.80. The third-order valence-electron chi connectivity index (χ3n) is 2.71. The normalized spacial score (nSPS) is 13.7. The lowest BCUT2D eigenvalue weighted by Gasteiger charge is -2.15. The number of thiophene rings is 1. The Kier molecular flexibility index (Phi) is 6.85. The molecule has 1 unspecified atom stereocenters. The smallest absolute Gasteiger partial charge is 0.212 e. The molecule has 0 saturated carbocycles. The minimum atomic E-state index is -3.17. The highest BCUT2D eigenvalue weighted by Crippen LogP contribution is 2.22. The Balaban J connectivity index is 2.48. The van der Waals surface area contributed by atoms with Crippen molar-refractivity contribution in [1.82, 2.24) is 10.0 Å². The third kappa shape index (κ3) is 5.48. The second kappa shape index (κ2) is 7.89. The summed E-state index contributed by atoms with van der Waals surface area (Å²) in [6, 6.07) is 3.84. The van der Waals surface area contributed by atoms with Crippen molar-refractivity contribution >= 4 is 21.4 Å². The van der Waals surface area contributed by atoms with Gasteiger partial charge in [-0.15, -0.1) is 11.3 Å². The van der Waals surface area contributed by atoms with Crippen molar-refractivity contribution in [2.45, 2.75) is 32.2 Å². The van der Waals surface area contributed by atoms with Gasteiger partial charge in [0.15, 0.2) is 0 Å². The number of rotatable bonds is 9. The van der Waals surface area contributed by atoms with Crippen LogP contribution in [0.5, 0.6) is 0 Å². The SMILES string of the molecule is CCC(NS(=O)(=O)CCCCNC)c1cccs1. The summed E-state index contributed by atoms with van der Waals surface area (Å²) in [6.07, 6.45) is 2.35. The molecule has 4 nitrogen and oxygen atoms in total. The second-order valence-electron chi connectivity index (χ2n) is 4.22. The van der Waals surface area contributed by atoms with Crippen LogP contribution < -0.4 is 10.0 Å². The van der Waals surface area contributed by atoms with Gasteiger partial charge in [-0.1, -0.05) is 13.0 Å². The summed E-state index contributed by atoms with van der Waals surface area (Å²) in [5, 5.41) is 4.99. The van der Waals surface area contributed by atoms with Gasteiger partial charge in [-0.2, -0.15) is 0 Å². The number of nitrogens with one attached hydrogen (secondary N) is 2. The molecule has 18 heavy (non-hydrogen) atoms. The standard InChI is InChI=1S/C12H22N2O2S2/c1-3-11(12-7-6-9-17-12)14-18(15,16)10-5-4-8-13-2/h6-7,9,11,13-14H,3-5,8,10H2,1-2H3. The van der Waals surface area contributed by atoms with Crippen LogP contribution in [0, 0.1) is 0 Å². The fraction of sp³-hybridized carbons (Fsp3) is 0.667. The lowest BCUT2D eigenvalue weighted by molar-refractivity contribution is 0.549. The van der Waals surface area contributed by atoms with Crippen molar-refractivity contribution < 1.29 is 8.42 Å². The van der Waals surface area contributed by atoms with Gasteiger partial charge in [0.05, 0.1) is 11.8 Å². The van der Waals surface area contributed by atoms with Crippen molar-refractivity contribution in [3.8, 4) is 0 Å². The zero-order valence-corrected chi connectivity index (χ0v) is 12.6. The van der Waals surface area contributed by atoms with Crippen molar-refractivity contribution in [3.63, 3.8) is 0 Å². The maximum atomic E-state index is 11.9. The number of hydrogen-bond donors (Lipinski definition) is 2. The minimum absolute atomic E-state index is 0.0840. The molecule has 104 valence electrons. The fourth-order valence-electron chi connectivity index (χ4n) is 1.70. The Hall–Kier alpha value is -0.430. The van der Waals surface area contributed by atoms with Crippen molar-refractivity contribution in [2.75, 3.05) is 19.3 Å². The van der Waals surface area contributed by atoms with E-state index < -0.39 is 10.0 Å². The first kappa shape index (κ1) is 15.6. The molecule has 0 bridgehead atoms. The van der Waals surface area contributed by atoms with Crippen LogP contribution in [0.2, 0.25) is 0 Å². The van der Waals surface area contributed by atoms with Gasteiger partial charge in [0.25, 0.3) is 0 Å². The van der Waals surface area contributed by atoms with Gasteiger partial charge < -0.3 is 5.32 Å². The summed E-state index contributed by atoms with van der Waals surface area (Å²) < 4.78 is 26.6. The molecule has 1 atom stereocenters. The lowest BCUT2D eigenvalue weighted by atomic mass is 10.2. The van der Waals surface area contributed by atoms with E-state index in [1.165, 1.54) is 0 Å². The molecule has 0 aromatic carbocycles. The Labute approximate surface area is 114 Å². The summed E-state index contributed by atoms with van der Waals surface area (Å²) in [4.78, 5) is 1.08. The molecule has 0 spiro atoms. The largest absolute Gasteiger partial charge is 0.320 e. The zero-order chi connectivity index (χ0) is 13.4. The van der Waals surface area contributed by atoms with Crippen LogP contribution in [-0.4, -0.2) is 27.8 Å². The van der Waals surface area contributed by atoms with Crippen LogP contribution in [0.4, 0.5) is 0 Å². The van der Waals surface area contributed by atoms with E-state index in [2.05, 4.69) is 10.0 Å². The minimum Gasteiger partial charge on any atom is -0.320 e. The summed E-state index contributed by atoms with van der Waals surface area (Å²) in [5.41, 5.74) is 0. The summed E-state index contributed by atoms with van der Waals surface area (Å²) >= 11 is 1.59. The maximum absolute atomic E-state index is 11.9. The molecular weight excluding hydrogens is 268 g/mol. The van der Waals surface area contributed by atoms with Gasteiger partial charge in [-0.25, -0.2) is 13.1 Å². The Morgan fingerprint density at radius 3 is 2.72 bits per heavy atom. The van der Waals surface area contributed by atoms with Gasteiger partial charge in [-0.05, 0) is 44.3 Å². The predicted octanol–water partition coefficient (Wildman–Crippen LogP) is 2.12. The van der Waals surface area contributed by atoms with Crippen molar-refractivity contribution in [2.24, 2.45) is 0 Å². The average molecular weight is 290 g/mol. The Bertz CT molecular complexity index is 415. The van der Waals surface area contributed by atoms with E-state index in [0.29, 0.717) is 6.42 Å². The van der Waals surface area contributed by atoms with E-state index in [4.69, 9.17) is 0 Å². The van der Waals surface area contributed by atoms with Crippen molar-refractivity contribution in [1.29, 1.82) is 0 Å². The highest BCUT2D eigenvalue weighted by molar-refractivity contribution is 7.89. The quantitative estimate of drug-likeness (QED) is 0.685. The Morgan fingerprint density at radius 2 is 2.17 bits per heavy atom. The van der Waals surface area contributed by atoms with Crippen LogP contribution in [0.3, 0.4) is 0 Å². The zero-order valence-electron chi connectivity index (χ0n) is 11.0. The predicted molar refractivity (Wildman–Crippen MR) is 77.4 cm³/mol. The first-order chi connectivity index (χ1) is 8.59. The molecule has 0 amide bonds. The number of sulfonamides is 1. The van der Waals surface area contributed by atoms with Gasteiger partial charge in [0.1, 0.15) is 0 Å². The van der Waals surface area contributed by atoms with Crippen molar-refractivity contribution in [3.05, 3.63) is 22.4 Å². The molecule has 1 rings (SSSR count). The molecule has 0 aliphatic carbocycles. The molecule has 1 heterocycles. The maximum Gasteiger partial charge on any atom is 0.212 e.